The van der Waals surface area contributed by atoms with E-state index in [2.05, 4.69) is 19.9 Å². The first-order valence-corrected chi connectivity index (χ1v) is 10.5. The van der Waals surface area contributed by atoms with Crippen LogP contribution >= 0.6 is 0 Å². The first-order valence-electron chi connectivity index (χ1n) is 10.5. The Kier molecular flexibility index (Phi) is 5.21. The number of pyridine rings is 2. The molecule has 0 spiro atoms. The molecular formula is C23H24N6O2. The number of benzene rings is 1. The van der Waals surface area contributed by atoms with Crippen LogP contribution in [-0.4, -0.2) is 49.8 Å². The maximum atomic E-state index is 12.8. The minimum atomic E-state index is -0.217. The van der Waals surface area contributed by atoms with E-state index in [-0.39, 0.29) is 11.6 Å². The quantitative estimate of drug-likeness (QED) is 0.538. The van der Waals surface area contributed by atoms with E-state index in [0.29, 0.717) is 5.88 Å². The van der Waals surface area contributed by atoms with Gasteiger partial charge in [0, 0.05) is 53.9 Å². The Hall–Kier alpha value is -3.52. The minimum Gasteiger partial charge on any atom is -0.481 e. The number of methoxy groups -OCH3 is 1. The third kappa shape index (κ3) is 3.82. The summed E-state index contributed by atoms with van der Waals surface area (Å²) in [6.45, 7) is 2.58. The van der Waals surface area contributed by atoms with Crippen molar-refractivity contribution in [1.29, 1.82) is 0 Å². The van der Waals surface area contributed by atoms with Crippen LogP contribution in [0.1, 0.15) is 30.1 Å². The number of fused-ring (bicyclic) bond motifs is 1. The van der Waals surface area contributed by atoms with Crippen molar-refractivity contribution in [2.24, 2.45) is 0 Å². The smallest absolute Gasteiger partial charge is 0.348 e. The van der Waals surface area contributed by atoms with Crippen molar-refractivity contribution in [1.82, 2.24) is 29.6 Å². The number of aromatic amines is 1. The topological polar surface area (TPSA) is 88.9 Å². The molecule has 5 rings (SSSR count). The second-order valence-corrected chi connectivity index (χ2v) is 7.85. The predicted octanol–water partition coefficient (Wildman–Crippen LogP) is 2.89. The van der Waals surface area contributed by atoms with Crippen LogP contribution < -0.4 is 10.4 Å². The van der Waals surface area contributed by atoms with Crippen molar-refractivity contribution in [3.05, 3.63) is 76.9 Å². The monoisotopic (exact) mass is 416 g/mol. The molecule has 1 aromatic carbocycles. The molecule has 8 nitrogen and oxygen atoms in total. The van der Waals surface area contributed by atoms with Gasteiger partial charge in [0.15, 0.2) is 0 Å². The van der Waals surface area contributed by atoms with Gasteiger partial charge in [0.25, 0.3) is 0 Å². The summed E-state index contributed by atoms with van der Waals surface area (Å²) in [5.74, 6) is 1.56. The van der Waals surface area contributed by atoms with Crippen molar-refractivity contribution >= 4 is 10.8 Å². The lowest BCUT2D eigenvalue weighted by Crippen LogP contribution is -2.34. The van der Waals surface area contributed by atoms with Gasteiger partial charge in [-0.3, -0.25) is 14.9 Å². The van der Waals surface area contributed by atoms with Gasteiger partial charge in [-0.15, -0.1) is 5.10 Å². The Balaban J connectivity index is 1.40. The average molecular weight is 416 g/mol. The third-order valence-corrected chi connectivity index (χ3v) is 5.85. The first-order chi connectivity index (χ1) is 15.2. The molecule has 4 aromatic rings. The van der Waals surface area contributed by atoms with Crippen LogP contribution in [-0.2, 0) is 6.54 Å². The molecule has 158 valence electrons. The van der Waals surface area contributed by atoms with Crippen LogP contribution in [0.25, 0.3) is 16.5 Å². The highest BCUT2D eigenvalue weighted by Crippen LogP contribution is 2.27. The Morgan fingerprint density at radius 1 is 1.19 bits per heavy atom. The lowest BCUT2D eigenvalue weighted by Gasteiger charge is -2.31. The molecule has 1 N–H and O–H groups in total. The van der Waals surface area contributed by atoms with Crippen LogP contribution in [0.3, 0.4) is 0 Å². The van der Waals surface area contributed by atoms with Crippen molar-refractivity contribution in [3.63, 3.8) is 0 Å². The highest BCUT2D eigenvalue weighted by Gasteiger charge is 2.26. The molecule has 1 unspecified atom stereocenters. The summed E-state index contributed by atoms with van der Waals surface area (Å²) >= 11 is 0. The van der Waals surface area contributed by atoms with Crippen LogP contribution in [0, 0.1) is 0 Å². The fraction of sp³-hybridized carbons (Fsp3) is 0.304. The summed E-state index contributed by atoms with van der Waals surface area (Å²) in [5.41, 5.74) is 1.61. The number of hydrogen-bond donors (Lipinski definition) is 1. The molecule has 1 saturated heterocycles. The van der Waals surface area contributed by atoms with Crippen molar-refractivity contribution < 1.29 is 4.74 Å². The number of nitrogens with zero attached hydrogens (tertiary/aromatic N) is 5. The molecule has 1 aliphatic heterocycles. The van der Waals surface area contributed by atoms with Gasteiger partial charge in [-0.1, -0.05) is 18.2 Å². The molecular weight excluding hydrogens is 392 g/mol. The number of likely N-dealkylation sites (tertiary alicyclic amines) is 1. The van der Waals surface area contributed by atoms with Crippen LogP contribution in [0.4, 0.5) is 0 Å². The van der Waals surface area contributed by atoms with E-state index in [1.54, 1.807) is 25.7 Å². The van der Waals surface area contributed by atoms with Crippen molar-refractivity contribution in [3.8, 4) is 11.6 Å². The molecule has 0 radical (unpaired) electrons. The van der Waals surface area contributed by atoms with E-state index >= 15 is 0 Å². The number of H-pyrrole nitrogens is 1. The number of nitrogens with one attached hydrogen (secondary N) is 1. The molecule has 0 saturated carbocycles. The van der Waals surface area contributed by atoms with E-state index in [1.165, 1.54) is 4.68 Å². The fourth-order valence-electron chi connectivity index (χ4n) is 4.37. The summed E-state index contributed by atoms with van der Waals surface area (Å²) in [7, 11) is 1.64. The number of ether oxygens (including phenoxy) is 1. The number of piperidine rings is 1. The van der Waals surface area contributed by atoms with Gasteiger partial charge in [0.1, 0.15) is 5.82 Å². The molecule has 0 aliphatic carbocycles. The Bertz CT molecular complexity index is 1260. The Morgan fingerprint density at radius 3 is 3.03 bits per heavy atom. The van der Waals surface area contributed by atoms with Gasteiger partial charge in [0.05, 0.1) is 12.8 Å². The van der Waals surface area contributed by atoms with E-state index in [4.69, 9.17) is 9.84 Å². The van der Waals surface area contributed by atoms with Gasteiger partial charge in [-0.05, 0) is 37.6 Å². The second-order valence-electron chi connectivity index (χ2n) is 7.85. The first kappa shape index (κ1) is 19.4. The average Bonchev–Trinajstić information content (AvgIpc) is 3.20. The van der Waals surface area contributed by atoms with E-state index in [9.17, 15) is 4.79 Å². The summed E-state index contributed by atoms with van der Waals surface area (Å²) < 4.78 is 6.87. The molecule has 4 heterocycles. The van der Waals surface area contributed by atoms with E-state index in [0.717, 1.165) is 60.3 Å². The number of aromatic nitrogens is 5. The molecule has 31 heavy (non-hydrogen) atoms. The molecule has 0 amide bonds. The minimum absolute atomic E-state index is 0.169. The zero-order chi connectivity index (χ0) is 21.2. The van der Waals surface area contributed by atoms with Gasteiger partial charge < -0.3 is 4.74 Å². The Labute approximate surface area is 179 Å². The largest absolute Gasteiger partial charge is 0.481 e. The highest BCUT2D eigenvalue weighted by molar-refractivity contribution is 5.89. The van der Waals surface area contributed by atoms with Crippen LogP contribution in [0.5, 0.6) is 5.88 Å². The zero-order valence-corrected chi connectivity index (χ0v) is 17.4. The van der Waals surface area contributed by atoms with Gasteiger partial charge >= 0.3 is 5.69 Å². The molecule has 8 heteroatoms. The van der Waals surface area contributed by atoms with Crippen LogP contribution in [0.15, 0.2) is 59.8 Å². The molecule has 1 atom stereocenters. The third-order valence-electron chi connectivity index (χ3n) is 5.85. The Morgan fingerprint density at radius 2 is 2.13 bits per heavy atom. The predicted molar refractivity (Wildman–Crippen MR) is 118 cm³/mol. The van der Waals surface area contributed by atoms with Crippen molar-refractivity contribution in [2.45, 2.75) is 25.3 Å². The number of rotatable bonds is 5. The van der Waals surface area contributed by atoms with Crippen molar-refractivity contribution in [2.75, 3.05) is 20.2 Å². The molecule has 3 aromatic heterocycles. The maximum Gasteiger partial charge on any atom is 0.348 e. The standard InChI is InChI=1S/C23H24N6O2/c1-31-22-18(6-3-10-25-22)15-28-12-4-7-17(14-28)21-26-23(30)29(27-21)20-8-2-5-16-13-24-11-9-19(16)20/h2-3,5-6,8-11,13,17H,4,7,12,14-15H2,1H3,(H,26,27,30). The summed E-state index contributed by atoms with van der Waals surface area (Å²) in [4.78, 5) is 26.6. The SMILES string of the molecule is COc1ncccc1CN1CCCC(c2nn(-c3cccc4cnccc34)c(=O)[nH]2)C1. The molecule has 1 aliphatic rings. The lowest BCUT2D eigenvalue weighted by atomic mass is 9.97. The summed E-state index contributed by atoms with van der Waals surface area (Å²) in [6.07, 6.45) is 7.30. The second kappa shape index (κ2) is 8.31. The fourth-order valence-corrected chi connectivity index (χ4v) is 4.37. The lowest BCUT2D eigenvalue weighted by molar-refractivity contribution is 0.194. The van der Waals surface area contributed by atoms with E-state index < -0.39 is 0 Å². The van der Waals surface area contributed by atoms with Gasteiger partial charge in [-0.2, -0.15) is 4.68 Å². The van der Waals surface area contributed by atoms with Crippen LogP contribution in [0.2, 0.25) is 0 Å². The highest BCUT2D eigenvalue weighted by atomic mass is 16.5. The molecule has 0 bridgehead atoms. The van der Waals surface area contributed by atoms with Gasteiger partial charge in [-0.25, -0.2) is 9.78 Å². The number of hydrogen-bond acceptors (Lipinski definition) is 6. The normalized spacial score (nSPS) is 17.1. The summed E-state index contributed by atoms with van der Waals surface area (Å²) in [5, 5.41) is 6.62. The molecule has 1 fully saturated rings. The maximum absolute atomic E-state index is 12.8. The zero-order valence-electron chi connectivity index (χ0n) is 17.4. The van der Waals surface area contributed by atoms with E-state index in [1.807, 2.05) is 36.4 Å². The summed E-state index contributed by atoms with van der Waals surface area (Å²) in [6, 6.07) is 11.7. The van der Waals surface area contributed by atoms with Gasteiger partial charge in [0.2, 0.25) is 5.88 Å².